The Morgan fingerprint density at radius 3 is 1.36 bits per heavy atom. The maximum atomic E-state index is 11.8. The highest BCUT2D eigenvalue weighted by molar-refractivity contribution is 6.02. The minimum atomic E-state index is 0.108. The molecule has 0 aliphatic carbocycles. The molecule has 0 spiro atoms. The minimum absolute atomic E-state index is 0.108. The summed E-state index contributed by atoms with van der Waals surface area (Å²) in [6, 6.07) is 0. The van der Waals surface area contributed by atoms with Gasteiger partial charge in [-0.2, -0.15) is 0 Å². The zero-order chi connectivity index (χ0) is 17.1. The SMILES string of the molecule is CCC(C)C(=O)CC(C)=NCCN=C(C)CC(=O)C(C)CC. The van der Waals surface area contributed by atoms with E-state index in [1.165, 1.54) is 0 Å². The van der Waals surface area contributed by atoms with Gasteiger partial charge in [-0.05, 0) is 26.7 Å². The molecule has 0 radical (unpaired) electrons. The third-order valence-electron chi connectivity index (χ3n) is 4.05. The molecule has 22 heavy (non-hydrogen) atoms. The molecule has 4 nitrogen and oxygen atoms in total. The van der Waals surface area contributed by atoms with E-state index in [-0.39, 0.29) is 23.4 Å². The molecule has 2 unspecified atom stereocenters. The van der Waals surface area contributed by atoms with Crippen LogP contribution in [0.3, 0.4) is 0 Å². The van der Waals surface area contributed by atoms with E-state index in [0.717, 1.165) is 24.3 Å². The number of rotatable bonds is 11. The zero-order valence-electron chi connectivity index (χ0n) is 15.1. The highest BCUT2D eigenvalue weighted by Crippen LogP contribution is 2.07. The molecule has 0 heterocycles. The van der Waals surface area contributed by atoms with Crippen LogP contribution in [0, 0.1) is 11.8 Å². The second-order valence-corrected chi connectivity index (χ2v) is 6.14. The van der Waals surface area contributed by atoms with E-state index in [1.807, 2.05) is 41.5 Å². The van der Waals surface area contributed by atoms with E-state index in [4.69, 9.17) is 0 Å². The van der Waals surface area contributed by atoms with Gasteiger partial charge in [-0.3, -0.25) is 19.6 Å². The van der Waals surface area contributed by atoms with Gasteiger partial charge in [0.1, 0.15) is 11.6 Å². The van der Waals surface area contributed by atoms with Gasteiger partial charge < -0.3 is 0 Å². The van der Waals surface area contributed by atoms with E-state index in [0.29, 0.717) is 25.9 Å². The molecule has 0 saturated heterocycles. The van der Waals surface area contributed by atoms with E-state index in [9.17, 15) is 9.59 Å². The number of nitrogens with zero attached hydrogens (tertiary/aromatic N) is 2. The lowest BCUT2D eigenvalue weighted by atomic mass is 9.99. The Labute approximate surface area is 135 Å². The molecule has 0 bridgehead atoms. The van der Waals surface area contributed by atoms with E-state index >= 15 is 0 Å². The van der Waals surface area contributed by atoms with Crippen LogP contribution >= 0.6 is 0 Å². The van der Waals surface area contributed by atoms with Gasteiger partial charge in [0.15, 0.2) is 0 Å². The summed E-state index contributed by atoms with van der Waals surface area (Å²) >= 11 is 0. The van der Waals surface area contributed by atoms with E-state index in [1.54, 1.807) is 0 Å². The molecule has 0 aromatic rings. The van der Waals surface area contributed by atoms with Gasteiger partial charge in [0.25, 0.3) is 0 Å². The number of carbonyl (C=O) groups is 2. The van der Waals surface area contributed by atoms with Crippen LogP contribution in [0.1, 0.15) is 67.2 Å². The van der Waals surface area contributed by atoms with Crippen LogP contribution in [0.4, 0.5) is 0 Å². The van der Waals surface area contributed by atoms with Crippen molar-refractivity contribution in [2.24, 2.45) is 21.8 Å². The maximum Gasteiger partial charge on any atom is 0.141 e. The highest BCUT2D eigenvalue weighted by atomic mass is 16.1. The van der Waals surface area contributed by atoms with Gasteiger partial charge in [0.2, 0.25) is 0 Å². The molecule has 0 aromatic heterocycles. The standard InChI is InChI=1S/C18H32N2O2/c1-7-13(3)17(21)11-15(5)19-9-10-20-16(6)12-18(22)14(4)8-2/h13-14H,7-12H2,1-6H3. The first-order valence-corrected chi connectivity index (χ1v) is 8.36. The van der Waals surface area contributed by atoms with Crippen molar-refractivity contribution in [1.82, 2.24) is 0 Å². The summed E-state index contributed by atoms with van der Waals surface area (Å²) in [5.74, 6) is 0.721. The van der Waals surface area contributed by atoms with Crippen molar-refractivity contribution >= 4 is 23.0 Å². The third-order valence-corrected chi connectivity index (χ3v) is 4.05. The van der Waals surface area contributed by atoms with Crippen LogP contribution in [0.15, 0.2) is 9.98 Å². The van der Waals surface area contributed by atoms with Crippen LogP contribution in [-0.4, -0.2) is 36.1 Å². The molecule has 0 rings (SSSR count). The van der Waals surface area contributed by atoms with Gasteiger partial charge in [0, 0.05) is 36.1 Å². The van der Waals surface area contributed by atoms with E-state index in [2.05, 4.69) is 9.98 Å². The van der Waals surface area contributed by atoms with Gasteiger partial charge in [-0.25, -0.2) is 0 Å². The molecular formula is C18H32N2O2. The van der Waals surface area contributed by atoms with Crippen molar-refractivity contribution in [2.45, 2.75) is 67.2 Å². The van der Waals surface area contributed by atoms with Crippen LogP contribution in [0.2, 0.25) is 0 Å². The molecule has 0 amide bonds. The van der Waals surface area contributed by atoms with Gasteiger partial charge in [-0.1, -0.05) is 27.7 Å². The zero-order valence-corrected chi connectivity index (χ0v) is 15.1. The monoisotopic (exact) mass is 308 g/mol. The molecule has 0 aromatic carbocycles. The first-order chi connectivity index (χ1) is 10.3. The Morgan fingerprint density at radius 2 is 1.09 bits per heavy atom. The minimum Gasteiger partial charge on any atom is -0.299 e. The smallest absolute Gasteiger partial charge is 0.141 e. The predicted octanol–water partition coefficient (Wildman–Crippen LogP) is 3.92. The van der Waals surface area contributed by atoms with Gasteiger partial charge in [-0.15, -0.1) is 0 Å². The number of aliphatic imine (C=N–C) groups is 2. The lowest BCUT2D eigenvalue weighted by molar-refractivity contribution is -0.122. The molecule has 0 N–H and O–H groups in total. The predicted molar refractivity (Wildman–Crippen MR) is 94.1 cm³/mol. The van der Waals surface area contributed by atoms with Crippen molar-refractivity contribution in [1.29, 1.82) is 0 Å². The van der Waals surface area contributed by atoms with Crippen molar-refractivity contribution in [3.05, 3.63) is 0 Å². The number of hydrogen-bond acceptors (Lipinski definition) is 4. The quantitative estimate of drug-likeness (QED) is 0.429. The van der Waals surface area contributed by atoms with Crippen molar-refractivity contribution in [3.63, 3.8) is 0 Å². The fourth-order valence-electron chi connectivity index (χ4n) is 1.90. The fourth-order valence-corrected chi connectivity index (χ4v) is 1.90. The lowest BCUT2D eigenvalue weighted by Gasteiger charge is -2.07. The Kier molecular flexibility index (Phi) is 10.6. The average molecular weight is 308 g/mol. The van der Waals surface area contributed by atoms with Gasteiger partial charge in [0.05, 0.1) is 13.1 Å². The third kappa shape index (κ3) is 8.85. The second kappa shape index (κ2) is 11.3. The normalized spacial score (nSPS) is 15.5. The topological polar surface area (TPSA) is 58.9 Å². The molecule has 0 aliphatic heterocycles. The number of hydrogen-bond donors (Lipinski definition) is 0. The second-order valence-electron chi connectivity index (χ2n) is 6.14. The summed E-state index contributed by atoms with van der Waals surface area (Å²) in [5.41, 5.74) is 1.74. The highest BCUT2D eigenvalue weighted by Gasteiger charge is 2.12. The van der Waals surface area contributed by atoms with E-state index < -0.39 is 0 Å². The number of ketones is 2. The first-order valence-electron chi connectivity index (χ1n) is 8.36. The average Bonchev–Trinajstić information content (AvgIpc) is 2.49. The van der Waals surface area contributed by atoms with Crippen molar-refractivity contribution < 1.29 is 9.59 Å². The Morgan fingerprint density at radius 1 is 0.773 bits per heavy atom. The number of Topliss-reactive ketones (excluding diaryl/α,β-unsaturated/α-hetero) is 2. The van der Waals surface area contributed by atoms with Gasteiger partial charge >= 0.3 is 0 Å². The summed E-state index contributed by atoms with van der Waals surface area (Å²) in [6.07, 6.45) is 2.62. The van der Waals surface area contributed by atoms with Crippen molar-refractivity contribution in [2.75, 3.05) is 13.1 Å². The summed E-state index contributed by atoms with van der Waals surface area (Å²) in [6.45, 7) is 12.9. The summed E-state index contributed by atoms with van der Waals surface area (Å²) in [5, 5.41) is 0. The maximum absolute atomic E-state index is 11.8. The van der Waals surface area contributed by atoms with Crippen LogP contribution in [-0.2, 0) is 9.59 Å². The first kappa shape index (κ1) is 20.7. The summed E-state index contributed by atoms with van der Waals surface area (Å²) < 4.78 is 0. The van der Waals surface area contributed by atoms with Crippen LogP contribution in [0.5, 0.6) is 0 Å². The Balaban J connectivity index is 4.18. The fraction of sp³-hybridized carbons (Fsp3) is 0.778. The molecule has 126 valence electrons. The molecular weight excluding hydrogens is 276 g/mol. The molecule has 2 atom stereocenters. The molecule has 0 aliphatic rings. The summed E-state index contributed by atoms with van der Waals surface area (Å²) in [4.78, 5) is 32.4. The Bertz CT molecular complexity index is 385. The molecule has 4 heteroatoms. The van der Waals surface area contributed by atoms with Crippen LogP contribution in [0.25, 0.3) is 0 Å². The number of carbonyl (C=O) groups excluding carboxylic acids is 2. The van der Waals surface area contributed by atoms with Crippen LogP contribution < -0.4 is 0 Å². The molecule has 0 saturated carbocycles. The largest absolute Gasteiger partial charge is 0.299 e. The van der Waals surface area contributed by atoms with Crippen molar-refractivity contribution in [3.8, 4) is 0 Å². The Hall–Kier alpha value is -1.32. The lowest BCUT2D eigenvalue weighted by Crippen LogP contribution is -2.14. The summed E-state index contributed by atoms with van der Waals surface area (Å²) in [7, 11) is 0. The molecule has 0 fully saturated rings.